The summed E-state index contributed by atoms with van der Waals surface area (Å²) >= 11 is 0. The SMILES string of the molecule is CCCCCN(C)CC(=O)c1ccccc1F. The Kier molecular flexibility index (Phi) is 5.84. The van der Waals surface area contributed by atoms with Crippen LogP contribution in [0.5, 0.6) is 0 Å². The van der Waals surface area contributed by atoms with Crippen molar-refractivity contribution in [3.63, 3.8) is 0 Å². The monoisotopic (exact) mass is 237 g/mol. The first-order chi connectivity index (χ1) is 8.15. The van der Waals surface area contributed by atoms with Crippen molar-refractivity contribution < 1.29 is 9.18 Å². The first-order valence-corrected chi connectivity index (χ1v) is 6.11. The summed E-state index contributed by atoms with van der Waals surface area (Å²) in [5.74, 6) is -0.582. The number of halogens is 1. The average Bonchev–Trinajstić information content (AvgIpc) is 2.29. The zero-order valence-corrected chi connectivity index (χ0v) is 10.6. The molecular formula is C14H20FNO. The highest BCUT2D eigenvalue weighted by Gasteiger charge is 2.12. The van der Waals surface area contributed by atoms with Crippen LogP contribution in [0.25, 0.3) is 0 Å². The van der Waals surface area contributed by atoms with Crippen molar-refractivity contribution in [3.8, 4) is 0 Å². The summed E-state index contributed by atoms with van der Waals surface area (Å²) in [7, 11) is 1.90. The topological polar surface area (TPSA) is 20.3 Å². The Morgan fingerprint density at radius 1 is 1.29 bits per heavy atom. The number of likely N-dealkylation sites (N-methyl/N-ethyl adjacent to an activating group) is 1. The molecule has 1 aromatic carbocycles. The van der Waals surface area contributed by atoms with Crippen LogP contribution in [-0.4, -0.2) is 30.8 Å². The Balaban J connectivity index is 2.46. The molecule has 2 nitrogen and oxygen atoms in total. The third-order valence-electron chi connectivity index (χ3n) is 2.73. The van der Waals surface area contributed by atoms with E-state index in [4.69, 9.17) is 0 Å². The molecule has 3 heteroatoms. The summed E-state index contributed by atoms with van der Waals surface area (Å²) in [5, 5.41) is 0. The van der Waals surface area contributed by atoms with Gasteiger partial charge >= 0.3 is 0 Å². The summed E-state index contributed by atoms with van der Waals surface area (Å²) in [6.45, 7) is 3.31. The standard InChI is InChI=1S/C14H20FNO/c1-3-4-7-10-16(2)11-14(17)12-8-5-6-9-13(12)15/h5-6,8-9H,3-4,7,10-11H2,1-2H3. The average molecular weight is 237 g/mol. The third-order valence-corrected chi connectivity index (χ3v) is 2.73. The quantitative estimate of drug-likeness (QED) is 0.536. The molecule has 0 N–H and O–H groups in total. The van der Waals surface area contributed by atoms with Gasteiger partial charge in [-0.3, -0.25) is 9.69 Å². The van der Waals surface area contributed by atoms with Gasteiger partial charge in [-0.05, 0) is 32.1 Å². The number of ketones is 1. The first-order valence-electron chi connectivity index (χ1n) is 6.11. The zero-order chi connectivity index (χ0) is 12.7. The minimum absolute atomic E-state index is 0.151. The van der Waals surface area contributed by atoms with Gasteiger partial charge < -0.3 is 0 Å². The lowest BCUT2D eigenvalue weighted by Gasteiger charge is -2.15. The second kappa shape index (κ2) is 7.17. The molecule has 0 radical (unpaired) electrons. The van der Waals surface area contributed by atoms with Crippen molar-refractivity contribution in [3.05, 3.63) is 35.6 Å². The lowest BCUT2D eigenvalue weighted by atomic mass is 10.1. The molecule has 0 saturated carbocycles. The number of nitrogens with zero attached hydrogens (tertiary/aromatic N) is 1. The van der Waals surface area contributed by atoms with E-state index in [2.05, 4.69) is 6.92 Å². The van der Waals surface area contributed by atoms with Crippen molar-refractivity contribution in [2.45, 2.75) is 26.2 Å². The van der Waals surface area contributed by atoms with Gasteiger partial charge in [0.05, 0.1) is 12.1 Å². The van der Waals surface area contributed by atoms with Gasteiger partial charge in [0.1, 0.15) is 5.82 Å². The summed E-state index contributed by atoms with van der Waals surface area (Å²) in [5.41, 5.74) is 0.190. The van der Waals surface area contributed by atoms with Crippen LogP contribution in [0.15, 0.2) is 24.3 Å². The smallest absolute Gasteiger partial charge is 0.179 e. The molecule has 0 bridgehead atoms. The van der Waals surface area contributed by atoms with Crippen LogP contribution in [-0.2, 0) is 0 Å². The molecule has 0 unspecified atom stereocenters. The van der Waals surface area contributed by atoms with Crippen LogP contribution in [0.1, 0.15) is 36.5 Å². The van der Waals surface area contributed by atoms with Crippen molar-refractivity contribution >= 4 is 5.78 Å². The number of unbranched alkanes of at least 4 members (excludes halogenated alkanes) is 2. The number of carbonyl (C=O) groups is 1. The predicted octanol–water partition coefficient (Wildman–Crippen LogP) is 3.13. The van der Waals surface area contributed by atoms with Gasteiger partial charge in [-0.2, -0.15) is 0 Å². The molecule has 0 fully saturated rings. The number of Topliss-reactive ketones (excluding diaryl/α,β-unsaturated/α-hetero) is 1. The van der Waals surface area contributed by atoms with E-state index in [9.17, 15) is 9.18 Å². The van der Waals surface area contributed by atoms with Crippen molar-refractivity contribution in [1.82, 2.24) is 4.90 Å². The van der Waals surface area contributed by atoms with E-state index in [-0.39, 0.29) is 17.9 Å². The van der Waals surface area contributed by atoms with E-state index in [1.807, 2.05) is 11.9 Å². The van der Waals surface area contributed by atoms with Gasteiger partial charge in [-0.25, -0.2) is 4.39 Å². The molecule has 1 rings (SSSR count). The molecule has 94 valence electrons. The van der Waals surface area contributed by atoms with Crippen LogP contribution in [0, 0.1) is 5.82 Å². The van der Waals surface area contributed by atoms with Crippen LogP contribution >= 0.6 is 0 Å². The molecular weight excluding hydrogens is 217 g/mol. The maximum absolute atomic E-state index is 13.4. The fourth-order valence-electron chi connectivity index (χ4n) is 1.73. The van der Waals surface area contributed by atoms with Crippen molar-refractivity contribution in [2.24, 2.45) is 0 Å². The second-order valence-electron chi connectivity index (χ2n) is 4.35. The van der Waals surface area contributed by atoms with E-state index in [0.717, 1.165) is 25.8 Å². The Hall–Kier alpha value is -1.22. The number of hydrogen-bond acceptors (Lipinski definition) is 2. The Morgan fingerprint density at radius 2 is 2.00 bits per heavy atom. The van der Waals surface area contributed by atoms with E-state index < -0.39 is 5.82 Å². The number of benzene rings is 1. The lowest BCUT2D eigenvalue weighted by Crippen LogP contribution is -2.27. The zero-order valence-electron chi connectivity index (χ0n) is 10.6. The molecule has 17 heavy (non-hydrogen) atoms. The fraction of sp³-hybridized carbons (Fsp3) is 0.500. The first kappa shape index (κ1) is 13.8. The summed E-state index contributed by atoms with van der Waals surface area (Å²) in [6, 6.07) is 6.15. The second-order valence-corrected chi connectivity index (χ2v) is 4.35. The van der Waals surface area contributed by atoms with E-state index in [1.54, 1.807) is 12.1 Å². The van der Waals surface area contributed by atoms with Crippen LogP contribution in [0.3, 0.4) is 0 Å². The maximum atomic E-state index is 13.4. The van der Waals surface area contributed by atoms with Gasteiger partial charge in [0, 0.05) is 0 Å². The minimum Gasteiger partial charge on any atom is -0.299 e. The third kappa shape index (κ3) is 4.65. The fourth-order valence-corrected chi connectivity index (χ4v) is 1.73. The summed E-state index contributed by atoms with van der Waals surface area (Å²) in [6.07, 6.45) is 3.41. The minimum atomic E-state index is -0.431. The van der Waals surface area contributed by atoms with Gasteiger partial charge in [0.15, 0.2) is 5.78 Å². The normalized spacial score (nSPS) is 10.8. The molecule has 0 aromatic heterocycles. The number of carbonyl (C=O) groups excluding carboxylic acids is 1. The van der Waals surface area contributed by atoms with E-state index in [1.165, 1.54) is 12.1 Å². The molecule has 0 aliphatic heterocycles. The van der Waals surface area contributed by atoms with Crippen LogP contribution < -0.4 is 0 Å². The van der Waals surface area contributed by atoms with Gasteiger partial charge in [-0.1, -0.05) is 31.9 Å². The number of hydrogen-bond donors (Lipinski definition) is 0. The number of rotatable bonds is 7. The molecule has 0 amide bonds. The van der Waals surface area contributed by atoms with Crippen LogP contribution in [0.4, 0.5) is 4.39 Å². The predicted molar refractivity (Wildman–Crippen MR) is 67.8 cm³/mol. The van der Waals surface area contributed by atoms with Gasteiger partial charge in [0.2, 0.25) is 0 Å². The molecule has 0 aliphatic rings. The summed E-state index contributed by atoms with van der Waals surface area (Å²) in [4.78, 5) is 13.8. The van der Waals surface area contributed by atoms with Crippen molar-refractivity contribution in [2.75, 3.05) is 20.1 Å². The summed E-state index contributed by atoms with van der Waals surface area (Å²) < 4.78 is 13.4. The van der Waals surface area contributed by atoms with E-state index >= 15 is 0 Å². The molecule has 0 aliphatic carbocycles. The molecule has 0 spiro atoms. The molecule has 1 aromatic rings. The van der Waals surface area contributed by atoms with Gasteiger partial charge in [-0.15, -0.1) is 0 Å². The largest absolute Gasteiger partial charge is 0.299 e. The molecule has 0 heterocycles. The Morgan fingerprint density at radius 3 is 2.65 bits per heavy atom. The lowest BCUT2D eigenvalue weighted by molar-refractivity contribution is 0.0941. The van der Waals surface area contributed by atoms with Crippen LogP contribution in [0.2, 0.25) is 0 Å². The Labute approximate surface area is 102 Å². The van der Waals surface area contributed by atoms with Gasteiger partial charge in [0.25, 0.3) is 0 Å². The maximum Gasteiger partial charge on any atom is 0.179 e. The Bertz CT molecular complexity index is 365. The van der Waals surface area contributed by atoms with E-state index in [0.29, 0.717) is 0 Å². The highest BCUT2D eigenvalue weighted by Crippen LogP contribution is 2.08. The molecule has 0 atom stereocenters. The highest BCUT2D eigenvalue weighted by molar-refractivity contribution is 5.97. The molecule has 0 saturated heterocycles. The van der Waals surface area contributed by atoms with Crippen molar-refractivity contribution in [1.29, 1.82) is 0 Å². The highest BCUT2D eigenvalue weighted by atomic mass is 19.1.